The standard InChI is InChI=1S/C23H29N5O/c1-28(16-17-8-4-2-5-9-17)21(29)13-12-19-22-20(27-26-19)14-15-24-23(22)25-18-10-6-3-7-11-18/h2,4-5,8-9,14-15,18H,3,6-7,10-13,16H2,1H3,(H,24,25)(H,26,27). The van der Waals surface area contributed by atoms with Crippen molar-refractivity contribution >= 4 is 22.6 Å². The van der Waals surface area contributed by atoms with E-state index in [0.29, 0.717) is 25.4 Å². The highest BCUT2D eigenvalue weighted by Gasteiger charge is 2.18. The number of hydrogen-bond donors (Lipinski definition) is 2. The van der Waals surface area contributed by atoms with Crippen LogP contribution in [0, 0.1) is 0 Å². The average Bonchev–Trinajstić information content (AvgIpc) is 3.17. The van der Waals surface area contributed by atoms with Gasteiger partial charge in [-0.2, -0.15) is 5.10 Å². The number of aromatic nitrogens is 3. The lowest BCUT2D eigenvalue weighted by molar-refractivity contribution is -0.130. The van der Waals surface area contributed by atoms with E-state index in [0.717, 1.165) is 28.0 Å². The number of aryl methyl sites for hydroxylation is 1. The Morgan fingerprint density at radius 2 is 1.97 bits per heavy atom. The number of amides is 1. The molecule has 0 aliphatic heterocycles. The van der Waals surface area contributed by atoms with Gasteiger partial charge in [0.25, 0.3) is 0 Å². The maximum absolute atomic E-state index is 12.6. The lowest BCUT2D eigenvalue weighted by atomic mass is 9.95. The van der Waals surface area contributed by atoms with Crippen molar-refractivity contribution in [2.24, 2.45) is 0 Å². The normalized spacial score (nSPS) is 14.8. The molecule has 4 rings (SSSR count). The molecule has 1 amide bonds. The molecule has 0 radical (unpaired) electrons. The van der Waals surface area contributed by atoms with E-state index in [9.17, 15) is 4.79 Å². The highest BCUT2D eigenvalue weighted by molar-refractivity contribution is 5.92. The van der Waals surface area contributed by atoms with Crippen molar-refractivity contribution in [1.82, 2.24) is 20.1 Å². The van der Waals surface area contributed by atoms with Crippen LogP contribution >= 0.6 is 0 Å². The summed E-state index contributed by atoms with van der Waals surface area (Å²) in [5.74, 6) is 1.02. The number of anilines is 1. The third-order valence-electron chi connectivity index (χ3n) is 5.77. The summed E-state index contributed by atoms with van der Waals surface area (Å²) in [6.07, 6.45) is 9.12. The van der Waals surface area contributed by atoms with Crippen molar-refractivity contribution in [2.75, 3.05) is 12.4 Å². The van der Waals surface area contributed by atoms with Gasteiger partial charge in [-0.25, -0.2) is 4.98 Å². The fourth-order valence-electron chi connectivity index (χ4n) is 4.12. The van der Waals surface area contributed by atoms with Crippen LogP contribution in [0.3, 0.4) is 0 Å². The van der Waals surface area contributed by atoms with E-state index in [1.165, 1.54) is 32.1 Å². The molecule has 1 aromatic carbocycles. The first-order chi connectivity index (χ1) is 14.2. The molecule has 29 heavy (non-hydrogen) atoms. The summed E-state index contributed by atoms with van der Waals surface area (Å²) in [4.78, 5) is 19.0. The third-order valence-corrected chi connectivity index (χ3v) is 5.77. The molecule has 1 aliphatic carbocycles. The summed E-state index contributed by atoms with van der Waals surface area (Å²) in [7, 11) is 1.86. The minimum Gasteiger partial charge on any atom is -0.367 e. The molecule has 0 saturated heterocycles. The largest absolute Gasteiger partial charge is 0.367 e. The lowest BCUT2D eigenvalue weighted by Crippen LogP contribution is -2.26. The zero-order valence-corrected chi connectivity index (χ0v) is 17.0. The molecule has 152 valence electrons. The second-order valence-electron chi connectivity index (χ2n) is 7.97. The van der Waals surface area contributed by atoms with Gasteiger partial charge >= 0.3 is 0 Å². The molecule has 2 aromatic heterocycles. The van der Waals surface area contributed by atoms with Gasteiger partial charge in [0.1, 0.15) is 5.82 Å². The number of carbonyl (C=O) groups is 1. The van der Waals surface area contributed by atoms with Crippen molar-refractivity contribution in [3.8, 4) is 0 Å². The van der Waals surface area contributed by atoms with Crippen molar-refractivity contribution < 1.29 is 4.79 Å². The first-order valence-electron chi connectivity index (χ1n) is 10.6. The van der Waals surface area contributed by atoms with Crippen molar-refractivity contribution in [1.29, 1.82) is 0 Å². The Kier molecular flexibility index (Phi) is 6.08. The number of fused-ring (bicyclic) bond motifs is 1. The minimum atomic E-state index is 0.127. The molecular formula is C23H29N5O. The Bertz CT molecular complexity index is 946. The number of nitrogens with zero attached hydrogens (tertiary/aromatic N) is 3. The SMILES string of the molecule is CN(Cc1ccccc1)C(=O)CCc1[nH]nc2ccnc(NC3CCCCC3)c12. The van der Waals surface area contributed by atoms with E-state index in [2.05, 4.69) is 20.5 Å². The first kappa shape index (κ1) is 19.4. The molecular weight excluding hydrogens is 362 g/mol. The van der Waals surface area contributed by atoms with E-state index >= 15 is 0 Å². The van der Waals surface area contributed by atoms with E-state index in [1.54, 1.807) is 11.1 Å². The van der Waals surface area contributed by atoms with Crippen LogP contribution in [0.5, 0.6) is 0 Å². The van der Waals surface area contributed by atoms with Gasteiger partial charge in [-0.1, -0.05) is 49.6 Å². The molecule has 0 atom stereocenters. The van der Waals surface area contributed by atoms with Crippen LogP contribution in [0.15, 0.2) is 42.6 Å². The highest BCUT2D eigenvalue weighted by atomic mass is 16.2. The van der Waals surface area contributed by atoms with Gasteiger partial charge in [-0.05, 0) is 30.9 Å². The Balaban J connectivity index is 1.43. The zero-order valence-electron chi connectivity index (χ0n) is 17.0. The molecule has 2 heterocycles. The third kappa shape index (κ3) is 4.75. The maximum atomic E-state index is 12.6. The van der Waals surface area contributed by atoms with Gasteiger partial charge in [-0.3, -0.25) is 9.89 Å². The number of rotatable bonds is 7. The van der Waals surface area contributed by atoms with Gasteiger partial charge in [0.15, 0.2) is 0 Å². The molecule has 0 unspecified atom stereocenters. The van der Waals surface area contributed by atoms with Crippen molar-refractivity contribution in [3.05, 3.63) is 53.9 Å². The predicted molar refractivity (Wildman–Crippen MR) is 116 cm³/mol. The van der Waals surface area contributed by atoms with Crippen LogP contribution in [0.25, 0.3) is 10.9 Å². The smallest absolute Gasteiger partial charge is 0.223 e. The molecule has 0 spiro atoms. The fraction of sp³-hybridized carbons (Fsp3) is 0.435. The Labute approximate surface area is 171 Å². The fourth-order valence-corrected chi connectivity index (χ4v) is 4.12. The average molecular weight is 392 g/mol. The van der Waals surface area contributed by atoms with Gasteiger partial charge in [0, 0.05) is 37.9 Å². The summed E-state index contributed by atoms with van der Waals surface area (Å²) in [6.45, 7) is 0.624. The van der Waals surface area contributed by atoms with E-state index in [1.807, 2.05) is 43.4 Å². The Morgan fingerprint density at radius 1 is 1.17 bits per heavy atom. The number of H-pyrrole nitrogens is 1. The van der Waals surface area contributed by atoms with E-state index in [4.69, 9.17) is 0 Å². The molecule has 6 nitrogen and oxygen atoms in total. The monoisotopic (exact) mass is 391 g/mol. The summed E-state index contributed by atoms with van der Waals surface area (Å²) in [6, 6.07) is 12.5. The number of carbonyl (C=O) groups excluding carboxylic acids is 1. The van der Waals surface area contributed by atoms with Gasteiger partial charge in [-0.15, -0.1) is 0 Å². The number of benzene rings is 1. The summed E-state index contributed by atoms with van der Waals surface area (Å²) >= 11 is 0. The number of aromatic amines is 1. The van der Waals surface area contributed by atoms with Crippen LogP contribution in [-0.2, 0) is 17.8 Å². The molecule has 3 aromatic rings. The Morgan fingerprint density at radius 3 is 2.76 bits per heavy atom. The highest BCUT2D eigenvalue weighted by Crippen LogP contribution is 2.27. The van der Waals surface area contributed by atoms with Gasteiger partial charge in [0.2, 0.25) is 5.91 Å². The number of pyridine rings is 1. The first-order valence-corrected chi connectivity index (χ1v) is 10.6. The predicted octanol–water partition coefficient (Wildman–Crippen LogP) is 4.29. The van der Waals surface area contributed by atoms with E-state index in [-0.39, 0.29) is 5.91 Å². The zero-order chi connectivity index (χ0) is 20.1. The number of hydrogen-bond acceptors (Lipinski definition) is 4. The Hall–Kier alpha value is -2.89. The number of nitrogens with one attached hydrogen (secondary N) is 2. The van der Waals surface area contributed by atoms with Crippen molar-refractivity contribution in [2.45, 2.75) is 57.5 Å². The second kappa shape index (κ2) is 9.07. The molecule has 1 saturated carbocycles. The quantitative estimate of drug-likeness (QED) is 0.630. The van der Waals surface area contributed by atoms with Gasteiger partial charge < -0.3 is 10.2 Å². The summed E-state index contributed by atoms with van der Waals surface area (Å²) < 4.78 is 0. The molecule has 2 N–H and O–H groups in total. The lowest BCUT2D eigenvalue weighted by Gasteiger charge is -2.23. The van der Waals surface area contributed by atoms with Crippen molar-refractivity contribution in [3.63, 3.8) is 0 Å². The topological polar surface area (TPSA) is 73.9 Å². The van der Waals surface area contributed by atoms with Crippen LogP contribution in [0.1, 0.15) is 49.8 Å². The van der Waals surface area contributed by atoms with E-state index < -0.39 is 0 Å². The second-order valence-corrected chi connectivity index (χ2v) is 7.97. The maximum Gasteiger partial charge on any atom is 0.223 e. The molecule has 6 heteroatoms. The van der Waals surface area contributed by atoms with Crippen LogP contribution in [-0.4, -0.2) is 39.1 Å². The van der Waals surface area contributed by atoms with Crippen LogP contribution < -0.4 is 5.32 Å². The van der Waals surface area contributed by atoms with Gasteiger partial charge in [0.05, 0.1) is 10.9 Å². The minimum absolute atomic E-state index is 0.127. The molecule has 0 bridgehead atoms. The summed E-state index contributed by atoms with van der Waals surface area (Å²) in [5.41, 5.74) is 3.02. The van der Waals surface area contributed by atoms with Crippen LogP contribution in [0.4, 0.5) is 5.82 Å². The summed E-state index contributed by atoms with van der Waals surface area (Å²) in [5, 5.41) is 12.2. The molecule has 1 fully saturated rings. The molecule has 1 aliphatic rings. The van der Waals surface area contributed by atoms with Crippen LogP contribution in [0.2, 0.25) is 0 Å².